The van der Waals surface area contributed by atoms with E-state index in [1.807, 2.05) is 0 Å². The Morgan fingerprint density at radius 1 is 1.15 bits per heavy atom. The van der Waals surface area contributed by atoms with Crippen LogP contribution in [-0.4, -0.2) is 39.1 Å². The number of carbonyl (C=O) groups is 3. The number of hydrogen-bond donors (Lipinski definition) is 2. The fraction of sp³-hybridized carbons (Fsp3) is 0.250. The van der Waals surface area contributed by atoms with Crippen LogP contribution in [0.2, 0.25) is 0 Å². The summed E-state index contributed by atoms with van der Waals surface area (Å²) in [4.78, 5) is 39.5. The van der Waals surface area contributed by atoms with Crippen LogP contribution >= 0.6 is 0 Å². The number of hydrogen-bond acceptors (Lipinski definition) is 4. The Labute approximate surface area is 194 Å². The molecule has 8 nitrogen and oxygen atoms in total. The first-order valence-electron chi connectivity index (χ1n) is 10.7. The maximum Gasteiger partial charge on any atom is 0.325 e. The van der Waals surface area contributed by atoms with Gasteiger partial charge in [0.2, 0.25) is 5.91 Å². The number of nitrogens with one attached hydrogen (secondary N) is 2. The van der Waals surface area contributed by atoms with Gasteiger partial charge in [0.25, 0.3) is 5.91 Å². The first-order chi connectivity index (χ1) is 16.2. The fourth-order valence-corrected chi connectivity index (χ4v) is 4.03. The molecule has 4 amide bonds. The number of amides is 4. The zero-order chi connectivity index (χ0) is 24.5. The topological polar surface area (TPSA) is 96.3 Å². The number of urea groups is 1. The molecule has 1 fully saturated rings. The summed E-state index contributed by atoms with van der Waals surface area (Å²) in [6, 6.07) is 11.3. The second-order valence-corrected chi connectivity index (χ2v) is 8.06. The molecule has 1 atom stereocenters. The molecule has 1 saturated heterocycles. The minimum absolute atomic E-state index is 0.0586. The average Bonchev–Trinajstić information content (AvgIpc) is 3.28. The summed E-state index contributed by atoms with van der Waals surface area (Å²) in [7, 11) is 0. The number of nitrogens with zero attached hydrogens (tertiary/aromatic N) is 3. The molecule has 3 aromatic rings. The van der Waals surface area contributed by atoms with Gasteiger partial charge in [0.1, 0.15) is 29.5 Å². The van der Waals surface area contributed by atoms with E-state index in [2.05, 4.69) is 15.7 Å². The molecule has 2 N–H and O–H groups in total. The summed E-state index contributed by atoms with van der Waals surface area (Å²) in [6.07, 6.45) is 1.78. The third kappa shape index (κ3) is 4.14. The van der Waals surface area contributed by atoms with Gasteiger partial charge in [0, 0.05) is 11.1 Å². The molecular weight excluding hydrogens is 444 g/mol. The molecule has 2 heterocycles. The first-order valence-corrected chi connectivity index (χ1v) is 10.7. The molecule has 0 unspecified atom stereocenters. The number of aryl methyl sites for hydroxylation is 1. The quantitative estimate of drug-likeness (QED) is 0.521. The van der Waals surface area contributed by atoms with Crippen molar-refractivity contribution < 1.29 is 23.2 Å². The lowest BCUT2D eigenvalue weighted by Crippen LogP contribution is -2.44. The number of rotatable bonds is 7. The van der Waals surface area contributed by atoms with Crippen molar-refractivity contribution in [2.75, 3.05) is 11.9 Å². The highest BCUT2D eigenvalue weighted by molar-refractivity contribution is 6.10. The highest BCUT2D eigenvalue weighted by atomic mass is 19.1. The van der Waals surface area contributed by atoms with Crippen molar-refractivity contribution in [2.24, 2.45) is 0 Å². The molecule has 0 spiro atoms. The number of carbonyl (C=O) groups excluding carboxylic acids is 3. The Hall–Kier alpha value is -4.08. The maximum atomic E-state index is 14.1. The minimum atomic E-state index is -1.24. The van der Waals surface area contributed by atoms with Crippen LogP contribution in [0.3, 0.4) is 0 Å². The normalized spacial score (nSPS) is 17.7. The van der Waals surface area contributed by atoms with E-state index in [1.165, 1.54) is 10.9 Å². The van der Waals surface area contributed by atoms with Crippen LogP contribution in [0.25, 0.3) is 0 Å². The lowest BCUT2D eigenvalue weighted by molar-refractivity contribution is -0.134. The zero-order valence-electron chi connectivity index (χ0n) is 18.6. The van der Waals surface area contributed by atoms with Crippen LogP contribution in [0, 0.1) is 18.6 Å². The summed E-state index contributed by atoms with van der Waals surface area (Å²) in [6.45, 7) is 2.83. The molecule has 1 aliphatic rings. The summed E-state index contributed by atoms with van der Waals surface area (Å²) in [5.41, 5.74) is 0.0215. The smallest absolute Gasteiger partial charge is 0.319 e. The van der Waals surface area contributed by atoms with Gasteiger partial charge in [0.15, 0.2) is 0 Å². The summed E-state index contributed by atoms with van der Waals surface area (Å²) in [5.74, 6) is -2.10. The van der Waals surface area contributed by atoms with Crippen molar-refractivity contribution >= 4 is 23.7 Å². The Bertz CT molecular complexity index is 1260. The van der Waals surface area contributed by atoms with Crippen LogP contribution in [0.4, 0.5) is 19.4 Å². The second kappa shape index (κ2) is 9.05. The zero-order valence-corrected chi connectivity index (χ0v) is 18.6. The first kappa shape index (κ1) is 23.1. The fourth-order valence-electron chi connectivity index (χ4n) is 4.03. The van der Waals surface area contributed by atoms with Crippen molar-refractivity contribution in [2.45, 2.75) is 32.4 Å². The Kier molecular flexibility index (Phi) is 6.14. The van der Waals surface area contributed by atoms with E-state index in [0.717, 1.165) is 23.1 Å². The molecule has 2 aromatic carbocycles. The largest absolute Gasteiger partial charge is 0.325 e. The van der Waals surface area contributed by atoms with Crippen molar-refractivity contribution in [1.29, 1.82) is 0 Å². The second-order valence-electron chi connectivity index (χ2n) is 8.06. The number of aromatic nitrogens is 2. The molecule has 1 aliphatic heterocycles. The van der Waals surface area contributed by atoms with Crippen LogP contribution in [0.5, 0.6) is 0 Å². The van der Waals surface area contributed by atoms with Gasteiger partial charge in [-0.05, 0) is 37.1 Å². The van der Waals surface area contributed by atoms with Gasteiger partial charge in [0.05, 0.1) is 12.7 Å². The van der Waals surface area contributed by atoms with E-state index in [9.17, 15) is 23.2 Å². The van der Waals surface area contributed by atoms with Crippen LogP contribution in [-0.2, 0) is 21.7 Å². The van der Waals surface area contributed by atoms with E-state index >= 15 is 0 Å². The van der Waals surface area contributed by atoms with Crippen LogP contribution < -0.4 is 10.6 Å². The molecule has 0 saturated carbocycles. The van der Waals surface area contributed by atoms with Gasteiger partial charge >= 0.3 is 6.03 Å². The van der Waals surface area contributed by atoms with Gasteiger partial charge in [-0.2, -0.15) is 5.10 Å². The maximum absolute atomic E-state index is 14.1. The lowest BCUT2D eigenvalue weighted by atomic mass is 9.87. The van der Waals surface area contributed by atoms with Crippen LogP contribution in [0.1, 0.15) is 30.0 Å². The number of imide groups is 1. The molecule has 10 heteroatoms. The van der Waals surface area contributed by atoms with E-state index < -0.39 is 41.6 Å². The van der Waals surface area contributed by atoms with Gasteiger partial charge in [-0.15, -0.1) is 0 Å². The lowest BCUT2D eigenvalue weighted by Gasteiger charge is -2.25. The third-order valence-corrected chi connectivity index (χ3v) is 5.88. The van der Waals surface area contributed by atoms with Gasteiger partial charge < -0.3 is 10.6 Å². The highest BCUT2D eigenvalue weighted by Crippen LogP contribution is 2.32. The predicted molar refractivity (Wildman–Crippen MR) is 120 cm³/mol. The van der Waals surface area contributed by atoms with Gasteiger partial charge in [-0.1, -0.05) is 37.3 Å². The number of anilines is 1. The number of benzene rings is 2. The van der Waals surface area contributed by atoms with Crippen molar-refractivity contribution in [1.82, 2.24) is 20.0 Å². The van der Waals surface area contributed by atoms with Crippen molar-refractivity contribution in [3.8, 4) is 0 Å². The molecular formula is C24H23F2N5O3. The average molecular weight is 467 g/mol. The minimum Gasteiger partial charge on any atom is -0.319 e. The summed E-state index contributed by atoms with van der Waals surface area (Å²) in [5, 5.41) is 9.49. The van der Waals surface area contributed by atoms with Gasteiger partial charge in [-0.25, -0.2) is 18.3 Å². The molecule has 1 aromatic heterocycles. The summed E-state index contributed by atoms with van der Waals surface area (Å²) < 4.78 is 28.9. The molecule has 0 bridgehead atoms. The SMILES string of the molecule is CC[C@]1(c2ccccc2)NC(=O)N(CC(=O)Nc2c(C)cnn2Cc2cc(F)ccc2F)C1=O. The van der Waals surface area contributed by atoms with Crippen molar-refractivity contribution in [3.05, 3.63) is 83.1 Å². The predicted octanol–water partition coefficient (Wildman–Crippen LogP) is 3.31. The Morgan fingerprint density at radius 2 is 1.88 bits per heavy atom. The van der Waals surface area contributed by atoms with E-state index in [4.69, 9.17) is 0 Å². The van der Waals surface area contributed by atoms with E-state index in [1.54, 1.807) is 44.2 Å². The molecule has 4 rings (SSSR count). The Morgan fingerprint density at radius 3 is 2.59 bits per heavy atom. The van der Waals surface area contributed by atoms with Crippen molar-refractivity contribution in [3.63, 3.8) is 0 Å². The summed E-state index contributed by atoms with van der Waals surface area (Å²) >= 11 is 0. The Balaban J connectivity index is 1.51. The molecule has 0 aliphatic carbocycles. The third-order valence-electron chi connectivity index (χ3n) is 5.88. The van der Waals surface area contributed by atoms with E-state index in [0.29, 0.717) is 17.5 Å². The standard InChI is InChI=1S/C24H23F2N5O3/c1-3-24(17-7-5-4-6-8-17)22(33)30(23(34)29-24)14-20(32)28-21-15(2)12-27-31(21)13-16-11-18(25)9-10-19(16)26/h4-12H,3,13-14H2,1-2H3,(H,28,32)(H,29,34)/t24-/m1/s1. The molecule has 34 heavy (non-hydrogen) atoms. The van der Waals surface area contributed by atoms with Crippen LogP contribution in [0.15, 0.2) is 54.7 Å². The molecule has 0 radical (unpaired) electrons. The highest BCUT2D eigenvalue weighted by Gasteiger charge is 2.51. The van der Waals surface area contributed by atoms with Gasteiger partial charge in [-0.3, -0.25) is 14.5 Å². The number of halogens is 2. The van der Waals surface area contributed by atoms with E-state index in [-0.39, 0.29) is 17.9 Å². The molecule has 176 valence electrons. The monoisotopic (exact) mass is 467 g/mol.